The molecule has 1 aliphatic heterocycles. The van der Waals surface area contributed by atoms with Crippen molar-refractivity contribution in [1.29, 1.82) is 0 Å². The van der Waals surface area contributed by atoms with Gasteiger partial charge in [-0.15, -0.1) is 0 Å². The normalized spacial score (nSPS) is 10.7. The van der Waals surface area contributed by atoms with Crippen molar-refractivity contribution in [2.45, 2.75) is 0 Å². The largest absolute Gasteiger partial charge is 0.493 e. The lowest BCUT2D eigenvalue weighted by molar-refractivity contribution is 0.412. The lowest BCUT2D eigenvalue weighted by Gasteiger charge is -1.93. The van der Waals surface area contributed by atoms with Crippen molar-refractivity contribution in [2.24, 2.45) is 0 Å². The van der Waals surface area contributed by atoms with Gasteiger partial charge in [0, 0.05) is 10.9 Å². The van der Waals surface area contributed by atoms with E-state index in [-0.39, 0.29) is 5.43 Å². The number of rotatable bonds is 1. The molecule has 0 saturated carbocycles. The van der Waals surface area contributed by atoms with Crippen LogP contribution in [-0.4, -0.2) is 12.1 Å². The molecule has 0 spiro atoms. The third kappa shape index (κ3) is 1.61. The standard InChI is InChI=1S/C15H11NO2/c1-18-15-9-11-10-5-3-2-4-6-12(10)16-13(11)7-8-14(15)17/h2-9H,1H3. The fourth-order valence-electron chi connectivity index (χ4n) is 2.07. The van der Waals surface area contributed by atoms with Gasteiger partial charge in [0.05, 0.1) is 18.3 Å². The first-order chi connectivity index (χ1) is 8.79. The molecule has 88 valence electrons. The van der Waals surface area contributed by atoms with Crippen LogP contribution >= 0.6 is 0 Å². The SMILES string of the molecule is COc1cc2c3cccccc-3nc2ccc1=O. The van der Waals surface area contributed by atoms with Crippen molar-refractivity contribution in [3.63, 3.8) is 0 Å². The van der Waals surface area contributed by atoms with Gasteiger partial charge in [0.25, 0.3) is 0 Å². The zero-order valence-electron chi connectivity index (χ0n) is 9.88. The Morgan fingerprint density at radius 3 is 2.72 bits per heavy atom. The lowest BCUT2D eigenvalue weighted by atomic mass is 10.1. The first-order valence-electron chi connectivity index (χ1n) is 5.66. The Morgan fingerprint density at radius 2 is 1.89 bits per heavy atom. The molecule has 3 heteroatoms. The first-order valence-corrected chi connectivity index (χ1v) is 5.66. The molecule has 0 N–H and O–H groups in total. The molecule has 1 heterocycles. The van der Waals surface area contributed by atoms with E-state index in [0.29, 0.717) is 5.75 Å². The molecule has 0 unspecified atom stereocenters. The number of nitrogens with zero attached hydrogens (tertiary/aromatic N) is 1. The summed E-state index contributed by atoms with van der Waals surface area (Å²) in [6.45, 7) is 0. The Labute approximate surface area is 104 Å². The van der Waals surface area contributed by atoms with Gasteiger partial charge in [-0.25, -0.2) is 4.98 Å². The third-order valence-corrected chi connectivity index (χ3v) is 2.95. The zero-order chi connectivity index (χ0) is 12.5. The van der Waals surface area contributed by atoms with Gasteiger partial charge in [0.2, 0.25) is 5.43 Å². The van der Waals surface area contributed by atoms with Crippen LogP contribution in [0, 0.1) is 0 Å². The van der Waals surface area contributed by atoms with E-state index in [9.17, 15) is 4.79 Å². The van der Waals surface area contributed by atoms with E-state index in [1.165, 1.54) is 13.2 Å². The monoisotopic (exact) mass is 237 g/mol. The maximum Gasteiger partial charge on any atom is 0.220 e. The second-order valence-electron chi connectivity index (χ2n) is 4.03. The molecular formula is C15H11NO2. The summed E-state index contributed by atoms with van der Waals surface area (Å²) in [5, 5.41) is 0.931. The predicted molar refractivity (Wildman–Crippen MR) is 71.2 cm³/mol. The summed E-state index contributed by atoms with van der Waals surface area (Å²) in [4.78, 5) is 16.2. The Hall–Kier alpha value is -2.42. The van der Waals surface area contributed by atoms with E-state index in [0.717, 1.165) is 22.2 Å². The highest BCUT2D eigenvalue weighted by Gasteiger charge is 2.10. The van der Waals surface area contributed by atoms with Crippen LogP contribution in [0.3, 0.4) is 0 Å². The Balaban J connectivity index is 2.49. The summed E-state index contributed by atoms with van der Waals surface area (Å²) in [5.74, 6) is 0.339. The van der Waals surface area contributed by atoms with E-state index in [1.54, 1.807) is 12.1 Å². The third-order valence-electron chi connectivity index (χ3n) is 2.95. The Morgan fingerprint density at radius 1 is 1.06 bits per heavy atom. The minimum Gasteiger partial charge on any atom is -0.493 e. The fourth-order valence-corrected chi connectivity index (χ4v) is 2.07. The van der Waals surface area contributed by atoms with Gasteiger partial charge < -0.3 is 4.74 Å². The second kappa shape index (κ2) is 4.11. The highest BCUT2D eigenvalue weighted by molar-refractivity contribution is 5.97. The second-order valence-corrected chi connectivity index (χ2v) is 4.03. The van der Waals surface area contributed by atoms with E-state index < -0.39 is 0 Å². The van der Waals surface area contributed by atoms with E-state index in [1.807, 2.05) is 30.3 Å². The summed E-state index contributed by atoms with van der Waals surface area (Å²) in [6, 6.07) is 14.8. The summed E-state index contributed by atoms with van der Waals surface area (Å²) in [5.41, 5.74) is 2.60. The molecule has 1 aliphatic carbocycles. The van der Waals surface area contributed by atoms with Crippen LogP contribution in [0.2, 0.25) is 0 Å². The maximum atomic E-state index is 11.7. The van der Waals surface area contributed by atoms with Gasteiger partial charge >= 0.3 is 0 Å². The van der Waals surface area contributed by atoms with Crippen LogP contribution in [-0.2, 0) is 0 Å². The average Bonchev–Trinajstić information content (AvgIpc) is 2.56. The van der Waals surface area contributed by atoms with Crippen LogP contribution < -0.4 is 10.2 Å². The van der Waals surface area contributed by atoms with E-state index in [4.69, 9.17) is 4.74 Å². The molecule has 3 nitrogen and oxygen atoms in total. The summed E-state index contributed by atoms with van der Waals surface area (Å²) in [7, 11) is 1.50. The summed E-state index contributed by atoms with van der Waals surface area (Å²) < 4.78 is 5.11. The van der Waals surface area contributed by atoms with Crippen molar-refractivity contribution >= 4 is 10.9 Å². The molecule has 2 aliphatic rings. The molecule has 0 saturated heterocycles. The molecule has 0 amide bonds. The number of ether oxygens (including phenoxy) is 1. The fraction of sp³-hybridized carbons (Fsp3) is 0.0667. The van der Waals surface area contributed by atoms with Crippen molar-refractivity contribution in [3.8, 4) is 17.0 Å². The number of methoxy groups -OCH3 is 1. The highest BCUT2D eigenvalue weighted by Crippen LogP contribution is 2.30. The van der Waals surface area contributed by atoms with Gasteiger partial charge in [-0.1, -0.05) is 24.3 Å². The average molecular weight is 237 g/mol. The highest BCUT2D eigenvalue weighted by atomic mass is 16.5. The maximum absolute atomic E-state index is 11.7. The van der Waals surface area contributed by atoms with Crippen LogP contribution in [0.4, 0.5) is 0 Å². The van der Waals surface area contributed by atoms with Gasteiger partial charge in [-0.3, -0.25) is 4.79 Å². The van der Waals surface area contributed by atoms with Crippen molar-refractivity contribution in [3.05, 3.63) is 58.8 Å². The van der Waals surface area contributed by atoms with Crippen molar-refractivity contribution in [1.82, 2.24) is 4.98 Å². The Bertz CT molecular complexity index is 752. The van der Waals surface area contributed by atoms with E-state index in [2.05, 4.69) is 4.98 Å². The smallest absolute Gasteiger partial charge is 0.220 e. The zero-order valence-corrected chi connectivity index (χ0v) is 9.88. The van der Waals surface area contributed by atoms with Crippen molar-refractivity contribution < 1.29 is 4.74 Å². The molecule has 0 aromatic heterocycles. The summed E-state index contributed by atoms with van der Waals surface area (Å²) in [6.07, 6.45) is 0. The molecular weight excluding hydrogens is 226 g/mol. The molecule has 0 radical (unpaired) electrons. The number of hydrogen-bond acceptors (Lipinski definition) is 3. The predicted octanol–water partition coefficient (Wildman–Crippen LogP) is 2.71. The minimum absolute atomic E-state index is 0.135. The number of aromatic nitrogens is 1. The molecule has 0 atom stereocenters. The van der Waals surface area contributed by atoms with Gasteiger partial charge in [0.1, 0.15) is 0 Å². The number of fused-ring (bicyclic) bond motifs is 3. The van der Waals surface area contributed by atoms with Crippen LogP contribution in [0.5, 0.6) is 5.75 Å². The molecule has 0 fully saturated rings. The van der Waals surface area contributed by atoms with Gasteiger partial charge in [-0.05, 0) is 24.3 Å². The van der Waals surface area contributed by atoms with Crippen LogP contribution in [0.1, 0.15) is 0 Å². The number of hydrogen-bond donors (Lipinski definition) is 0. The quantitative estimate of drug-likeness (QED) is 0.653. The summed E-state index contributed by atoms with van der Waals surface area (Å²) >= 11 is 0. The van der Waals surface area contributed by atoms with E-state index >= 15 is 0 Å². The molecule has 0 bridgehead atoms. The molecule has 18 heavy (non-hydrogen) atoms. The Kier molecular flexibility index (Phi) is 2.45. The van der Waals surface area contributed by atoms with Crippen LogP contribution in [0.25, 0.3) is 22.2 Å². The minimum atomic E-state index is -0.135. The lowest BCUT2D eigenvalue weighted by Crippen LogP contribution is -1.99. The molecule has 1 aromatic carbocycles. The topological polar surface area (TPSA) is 39.2 Å². The van der Waals surface area contributed by atoms with Crippen LogP contribution in [0.15, 0.2) is 53.3 Å². The molecule has 3 rings (SSSR count). The van der Waals surface area contributed by atoms with Crippen molar-refractivity contribution in [2.75, 3.05) is 7.11 Å². The van der Waals surface area contributed by atoms with Gasteiger partial charge in [0.15, 0.2) is 5.75 Å². The first kappa shape index (κ1) is 10.7. The van der Waals surface area contributed by atoms with Gasteiger partial charge in [-0.2, -0.15) is 0 Å². The molecule has 1 aromatic rings.